The second-order valence-corrected chi connectivity index (χ2v) is 10.2. The molecular weight excluding hydrogens is 446 g/mol. The Morgan fingerprint density at radius 2 is 1.94 bits per heavy atom. The molecule has 172 valence electrons. The lowest BCUT2D eigenvalue weighted by Crippen LogP contribution is -2.19. The van der Waals surface area contributed by atoms with Crippen LogP contribution in [-0.4, -0.2) is 35.1 Å². The van der Waals surface area contributed by atoms with Gasteiger partial charge in [-0.05, 0) is 69.6 Å². The number of aromatic nitrogens is 1. The van der Waals surface area contributed by atoms with Crippen LogP contribution in [0.15, 0.2) is 5.03 Å². The summed E-state index contributed by atoms with van der Waals surface area (Å²) in [4.78, 5) is 43.0. The average Bonchev–Trinajstić information content (AvgIpc) is 3.06. The largest absolute Gasteiger partial charge is 0.462 e. The van der Waals surface area contributed by atoms with Gasteiger partial charge >= 0.3 is 5.97 Å². The number of nitrogens with two attached hydrogens (primary N) is 1. The number of amides is 2. The number of hydrogen-bond acceptors (Lipinski definition) is 7. The van der Waals surface area contributed by atoms with Crippen LogP contribution in [0.2, 0.25) is 0 Å². The standard InChI is InChI=1S/C23H29N3O4S2/c1-6-30-23(29)19-15-8-7-11(2)9-16(15)32-22(19)26-17(27)10-31-21-18(20(24)28)13(4)12(3)14(5)25-21/h11H,6-10H2,1-5H3,(H2,24,28)(H,26,27)/t11-/m0/s1. The number of nitrogens with one attached hydrogen (secondary N) is 1. The number of esters is 1. The number of thioether (sulfide) groups is 1. The number of anilines is 1. The number of ether oxygens (including phenoxy) is 1. The summed E-state index contributed by atoms with van der Waals surface area (Å²) in [5, 5.41) is 3.87. The number of aryl methyl sites for hydroxylation is 1. The molecule has 0 spiro atoms. The van der Waals surface area contributed by atoms with Crippen molar-refractivity contribution in [2.24, 2.45) is 11.7 Å². The zero-order chi connectivity index (χ0) is 23.6. The zero-order valence-electron chi connectivity index (χ0n) is 19.1. The number of carbonyl (C=O) groups is 3. The Hall–Kier alpha value is -2.39. The van der Waals surface area contributed by atoms with Crippen molar-refractivity contribution in [2.45, 2.75) is 58.9 Å². The second kappa shape index (κ2) is 10.0. The molecule has 1 aliphatic rings. The third kappa shape index (κ3) is 4.99. The fraction of sp³-hybridized carbons (Fsp3) is 0.478. The first kappa shape index (κ1) is 24.3. The molecule has 0 saturated heterocycles. The van der Waals surface area contributed by atoms with E-state index in [2.05, 4.69) is 17.2 Å². The Kier molecular flexibility index (Phi) is 7.61. The smallest absolute Gasteiger partial charge is 0.341 e. The molecule has 9 heteroatoms. The third-order valence-electron chi connectivity index (χ3n) is 5.79. The van der Waals surface area contributed by atoms with E-state index in [9.17, 15) is 14.4 Å². The first-order chi connectivity index (χ1) is 15.1. The average molecular weight is 476 g/mol. The minimum Gasteiger partial charge on any atom is -0.462 e. The van der Waals surface area contributed by atoms with Crippen LogP contribution in [0.5, 0.6) is 0 Å². The molecule has 2 aromatic rings. The van der Waals surface area contributed by atoms with Crippen molar-refractivity contribution in [3.63, 3.8) is 0 Å². The number of fused-ring (bicyclic) bond motifs is 1. The number of primary amides is 1. The van der Waals surface area contributed by atoms with E-state index in [1.807, 2.05) is 20.8 Å². The number of nitrogens with zero attached hydrogens (tertiary/aromatic N) is 1. The van der Waals surface area contributed by atoms with Gasteiger partial charge in [0.15, 0.2) is 0 Å². The van der Waals surface area contributed by atoms with E-state index < -0.39 is 11.9 Å². The molecule has 2 heterocycles. The maximum absolute atomic E-state index is 12.8. The lowest BCUT2D eigenvalue weighted by molar-refractivity contribution is -0.113. The van der Waals surface area contributed by atoms with E-state index in [0.29, 0.717) is 27.1 Å². The summed E-state index contributed by atoms with van der Waals surface area (Å²) in [7, 11) is 0. The van der Waals surface area contributed by atoms with Crippen molar-refractivity contribution < 1.29 is 19.1 Å². The van der Waals surface area contributed by atoms with Crippen LogP contribution in [0.25, 0.3) is 0 Å². The van der Waals surface area contributed by atoms with E-state index in [-0.39, 0.29) is 18.3 Å². The van der Waals surface area contributed by atoms with E-state index in [0.717, 1.165) is 58.3 Å². The van der Waals surface area contributed by atoms with Gasteiger partial charge in [-0.3, -0.25) is 9.59 Å². The fourth-order valence-corrected chi connectivity index (χ4v) is 6.22. The minimum absolute atomic E-state index is 0.0382. The van der Waals surface area contributed by atoms with Crippen molar-refractivity contribution >= 4 is 45.9 Å². The van der Waals surface area contributed by atoms with Gasteiger partial charge in [0, 0.05) is 10.6 Å². The summed E-state index contributed by atoms with van der Waals surface area (Å²) in [5.41, 5.74) is 9.87. The molecule has 0 unspecified atom stereocenters. The van der Waals surface area contributed by atoms with Gasteiger partial charge in [-0.25, -0.2) is 9.78 Å². The van der Waals surface area contributed by atoms with Crippen LogP contribution in [0, 0.1) is 26.7 Å². The maximum atomic E-state index is 12.8. The highest BCUT2D eigenvalue weighted by Crippen LogP contribution is 2.40. The van der Waals surface area contributed by atoms with Crippen molar-refractivity contribution in [1.29, 1.82) is 0 Å². The number of rotatable bonds is 7. The van der Waals surface area contributed by atoms with Crippen LogP contribution >= 0.6 is 23.1 Å². The topological polar surface area (TPSA) is 111 Å². The summed E-state index contributed by atoms with van der Waals surface area (Å²) in [6, 6.07) is 0. The molecule has 0 radical (unpaired) electrons. The number of carbonyl (C=O) groups excluding carboxylic acids is 3. The monoisotopic (exact) mass is 475 g/mol. The second-order valence-electron chi connectivity index (χ2n) is 8.10. The molecule has 0 saturated carbocycles. The first-order valence-corrected chi connectivity index (χ1v) is 12.5. The fourth-order valence-electron chi connectivity index (χ4n) is 3.86. The molecule has 3 rings (SSSR count). The molecule has 2 amide bonds. The number of thiophene rings is 1. The third-order valence-corrected chi connectivity index (χ3v) is 7.94. The molecule has 0 fully saturated rings. The van der Waals surface area contributed by atoms with Crippen LogP contribution in [0.4, 0.5) is 5.00 Å². The molecule has 0 aromatic carbocycles. The Morgan fingerprint density at radius 3 is 2.59 bits per heavy atom. The van der Waals surface area contributed by atoms with E-state index in [1.54, 1.807) is 6.92 Å². The van der Waals surface area contributed by atoms with Crippen LogP contribution in [-0.2, 0) is 22.4 Å². The summed E-state index contributed by atoms with van der Waals surface area (Å²) < 4.78 is 5.26. The van der Waals surface area contributed by atoms with Gasteiger partial charge in [0.25, 0.3) is 5.91 Å². The molecule has 7 nitrogen and oxygen atoms in total. The first-order valence-electron chi connectivity index (χ1n) is 10.7. The maximum Gasteiger partial charge on any atom is 0.341 e. The highest BCUT2D eigenvalue weighted by molar-refractivity contribution is 8.00. The Bertz CT molecular complexity index is 1080. The predicted octanol–water partition coefficient (Wildman–Crippen LogP) is 4.20. The number of pyridine rings is 1. The SMILES string of the molecule is CCOC(=O)c1c(NC(=O)CSc2nc(C)c(C)c(C)c2C(N)=O)sc2c1CC[C@H](C)C2. The van der Waals surface area contributed by atoms with Crippen molar-refractivity contribution in [2.75, 3.05) is 17.7 Å². The van der Waals surface area contributed by atoms with Gasteiger partial charge in [0.05, 0.1) is 23.5 Å². The molecule has 2 aromatic heterocycles. The van der Waals surface area contributed by atoms with Crippen LogP contribution in [0.1, 0.15) is 68.2 Å². The van der Waals surface area contributed by atoms with Gasteiger partial charge in [-0.15, -0.1) is 11.3 Å². The van der Waals surface area contributed by atoms with Gasteiger partial charge in [-0.2, -0.15) is 0 Å². The van der Waals surface area contributed by atoms with E-state index in [1.165, 1.54) is 11.3 Å². The Balaban J connectivity index is 1.82. The van der Waals surface area contributed by atoms with Gasteiger partial charge in [0.2, 0.25) is 5.91 Å². The zero-order valence-corrected chi connectivity index (χ0v) is 20.7. The molecule has 3 N–H and O–H groups in total. The minimum atomic E-state index is -0.564. The summed E-state index contributed by atoms with van der Waals surface area (Å²) >= 11 is 2.62. The Morgan fingerprint density at radius 1 is 1.22 bits per heavy atom. The van der Waals surface area contributed by atoms with Crippen molar-refractivity contribution in [3.05, 3.63) is 38.4 Å². The molecule has 0 aliphatic heterocycles. The van der Waals surface area contributed by atoms with E-state index >= 15 is 0 Å². The Labute approximate surface area is 196 Å². The number of hydrogen-bond donors (Lipinski definition) is 2. The molecule has 32 heavy (non-hydrogen) atoms. The summed E-state index contributed by atoms with van der Waals surface area (Å²) in [5.74, 6) is -0.659. The summed E-state index contributed by atoms with van der Waals surface area (Å²) in [6.45, 7) is 9.81. The predicted molar refractivity (Wildman–Crippen MR) is 128 cm³/mol. The van der Waals surface area contributed by atoms with E-state index in [4.69, 9.17) is 10.5 Å². The summed E-state index contributed by atoms with van der Waals surface area (Å²) in [6.07, 6.45) is 2.71. The van der Waals surface area contributed by atoms with Gasteiger partial charge in [0.1, 0.15) is 10.0 Å². The highest BCUT2D eigenvalue weighted by atomic mass is 32.2. The van der Waals surface area contributed by atoms with Crippen molar-refractivity contribution in [1.82, 2.24) is 4.98 Å². The van der Waals surface area contributed by atoms with Crippen LogP contribution < -0.4 is 11.1 Å². The lowest BCUT2D eigenvalue weighted by atomic mass is 9.88. The highest BCUT2D eigenvalue weighted by Gasteiger charge is 2.29. The van der Waals surface area contributed by atoms with Crippen LogP contribution in [0.3, 0.4) is 0 Å². The molecule has 0 bridgehead atoms. The molecule has 1 aliphatic carbocycles. The van der Waals surface area contributed by atoms with Gasteiger partial charge < -0.3 is 15.8 Å². The molecular formula is C23H29N3O4S2. The lowest BCUT2D eigenvalue weighted by Gasteiger charge is -2.18. The quantitative estimate of drug-likeness (QED) is 0.459. The normalized spacial score (nSPS) is 15.2. The molecule has 1 atom stereocenters. The van der Waals surface area contributed by atoms with Gasteiger partial charge in [-0.1, -0.05) is 18.7 Å². The van der Waals surface area contributed by atoms with Crippen molar-refractivity contribution in [3.8, 4) is 0 Å².